The van der Waals surface area contributed by atoms with E-state index in [9.17, 15) is 5.11 Å². The Kier molecular flexibility index (Phi) is 11.7. The van der Waals surface area contributed by atoms with Gasteiger partial charge in [0, 0.05) is 13.2 Å². The minimum Gasteiger partial charge on any atom is -0.396 e. The molecule has 0 radical (unpaired) electrons. The number of hydrogen-bond acceptors (Lipinski definition) is 3. The van der Waals surface area contributed by atoms with Crippen LogP contribution in [0.25, 0.3) is 0 Å². The zero-order valence-electron chi connectivity index (χ0n) is 20.4. The molecule has 0 saturated heterocycles. The van der Waals surface area contributed by atoms with Crippen molar-refractivity contribution < 1.29 is 9.84 Å². The summed E-state index contributed by atoms with van der Waals surface area (Å²) in [4.78, 5) is 2.48. The molecule has 0 aliphatic carbocycles. The van der Waals surface area contributed by atoms with Crippen LogP contribution >= 0.6 is 0 Å². The molecule has 0 bridgehead atoms. The van der Waals surface area contributed by atoms with Gasteiger partial charge in [0.15, 0.2) is 0 Å². The smallest absolute Gasteiger partial charge is 0.0629 e. The summed E-state index contributed by atoms with van der Waals surface area (Å²) in [5.74, 6) is 2.75. The van der Waals surface area contributed by atoms with Crippen molar-refractivity contribution in [3.63, 3.8) is 0 Å². The summed E-state index contributed by atoms with van der Waals surface area (Å²) in [7, 11) is 2.25. The van der Waals surface area contributed by atoms with Crippen LogP contribution in [0.4, 0.5) is 0 Å². The van der Waals surface area contributed by atoms with Crippen LogP contribution in [0.15, 0.2) is 0 Å². The van der Waals surface area contributed by atoms with Crippen molar-refractivity contribution in [1.29, 1.82) is 0 Å². The molecule has 0 aliphatic rings. The highest BCUT2D eigenvalue weighted by Crippen LogP contribution is 2.33. The molecule has 164 valence electrons. The van der Waals surface area contributed by atoms with E-state index in [1.807, 2.05) is 0 Å². The molecule has 3 nitrogen and oxygen atoms in total. The van der Waals surface area contributed by atoms with Crippen molar-refractivity contribution in [3.05, 3.63) is 0 Å². The fourth-order valence-electron chi connectivity index (χ4n) is 4.02. The van der Waals surface area contributed by atoms with Gasteiger partial charge in [0.05, 0.1) is 12.2 Å². The Morgan fingerprint density at radius 3 is 1.93 bits per heavy atom. The van der Waals surface area contributed by atoms with Crippen LogP contribution in [0.3, 0.4) is 0 Å². The van der Waals surface area contributed by atoms with Gasteiger partial charge in [-0.1, -0.05) is 55.4 Å². The monoisotopic (exact) mass is 385 g/mol. The Hall–Kier alpha value is -0.120. The van der Waals surface area contributed by atoms with Gasteiger partial charge in [0.25, 0.3) is 0 Å². The van der Waals surface area contributed by atoms with E-state index in [1.165, 1.54) is 13.0 Å². The molecule has 0 saturated carbocycles. The molecule has 27 heavy (non-hydrogen) atoms. The second kappa shape index (κ2) is 11.8. The van der Waals surface area contributed by atoms with Crippen LogP contribution in [0.1, 0.15) is 82.1 Å². The molecular weight excluding hydrogens is 334 g/mol. The Labute approximate surface area is 171 Å². The first kappa shape index (κ1) is 26.9. The number of rotatable bonds is 13. The number of nitrogens with zero attached hydrogens (tertiary/aromatic N) is 1. The molecule has 3 heteroatoms. The lowest BCUT2D eigenvalue weighted by atomic mass is 9.74. The lowest BCUT2D eigenvalue weighted by molar-refractivity contribution is -0.0685. The van der Waals surface area contributed by atoms with Crippen molar-refractivity contribution >= 4 is 0 Å². The molecule has 0 aromatic carbocycles. The third-order valence-corrected chi connectivity index (χ3v) is 6.31. The maximum Gasteiger partial charge on any atom is 0.0629 e. The minimum atomic E-state index is -0.116. The number of aliphatic hydroxyl groups excluding tert-OH is 1. The summed E-state index contributed by atoms with van der Waals surface area (Å²) >= 11 is 0. The summed E-state index contributed by atoms with van der Waals surface area (Å²) in [6, 6.07) is 0. The van der Waals surface area contributed by atoms with Crippen LogP contribution in [0, 0.1) is 35.0 Å². The fraction of sp³-hybridized carbons (Fsp3) is 1.00. The van der Waals surface area contributed by atoms with E-state index in [4.69, 9.17) is 4.74 Å². The summed E-state index contributed by atoms with van der Waals surface area (Å²) in [6.07, 6.45) is 2.29. The van der Waals surface area contributed by atoms with Crippen molar-refractivity contribution in [2.75, 3.05) is 33.4 Å². The molecule has 0 fully saturated rings. The van der Waals surface area contributed by atoms with Gasteiger partial charge in [-0.15, -0.1) is 0 Å². The molecule has 4 unspecified atom stereocenters. The van der Waals surface area contributed by atoms with E-state index in [1.54, 1.807) is 0 Å². The average molecular weight is 386 g/mol. The van der Waals surface area contributed by atoms with Crippen molar-refractivity contribution in [1.82, 2.24) is 4.90 Å². The van der Waals surface area contributed by atoms with Gasteiger partial charge >= 0.3 is 0 Å². The maximum atomic E-state index is 9.77. The first-order chi connectivity index (χ1) is 12.2. The SMILES string of the molecule is CC(CCN(C)CC(C)C(C)C)CC(C)(C)OCC(C)C(CO)C(C)(C)C. The number of aliphatic hydroxyl groups is 1. The first-order valence-electron chi connectivity index (χ1n) is 11.1. The molecule has 1 N–H and O–H groups in total. The van der Waals surface area contributed by atoms with Crippen LogP contribution in [-0.4, -0.2) is 49.0 Å². The zero-order valence-corrected chi connectivity index (χ0v) is 20.4. The topological polar surface area (TPSA) is 32.7 Å². The summed E-state index contributed by atoms with van der Waals surface area (Å²) in [5.41, 5.74) is -0.0119. The molecule has 0 rings (SSSR count). The standard InChI is InChI=1S/C24H51NO2/c1-18(2)20(4)15-25(11)13-12-19(3)14-24(9,10)27-17-21(5)22(16-26)23(6,7)8/h18-22,26H,12-17H2,1-11H3. The maximum absolute atomic E-state index is 9.77. The van der Waals surface area contributed by atoms with E-state index < -0.39 is 0 Å². The molecule has 0 aliphatic heterocycles. The highest BCUT2D eigenvalue weighted by Gasteiger charge is 2.31. The first-order valence-corrected chi connectivity index (χ1v) is 11.1. The lowest BCUT2D eigenvalue weighted by Gasteiger charge is -2.36. The van der Waals surface area contributed by atoms with Crippen LogP contribution < -0.4 is 0 Å². The molecule has 0 amide bonds. The van der Waals surface area contributed by atoms with E-state index in [2.05, 4.69) is 81.2 Å². The van der Waals surface area contributed by atoms with Crippen molar-refractivity contribution in [2.45, 2.75) is 87.7 Å². The van der Waals surface area contributed by atoms with Crippen LogP contribution in [0.5, 0.6) is 0 Å². The van der Waals surface area contributed by atoms with Crippen molar-refractivity contribution in [3.8, 4) is 0 Å². The largest absolute Gasteiger partial charge is 0.396 e. The van der Waals surface area contributed by atoms with Gasteiger partial charge in [-0.3, -0.25) is 0 Å². The van der Waals surface area contributed by atoms with E-state index >= 15 is 0 Å². The van der Waals surface area contributed by atoms with E-state index in [0.717, 1.165) is 24.8 Å². The Morgan fingerprint density at radius 1 is 0.926 bits per heavy atom. The van der Waals surface area contributed by atoms with Gasteiger partial charge in [-0.05, 0) is 75.3 Å². The minimum absolute atomic E-state index is 0.104. The highest BCUT2D eigenvalue weighted by molar-refractivity contribution is 4.80. The summed E-state index contributed by atoms with van der Waals surface area (Å²) in [6.45, 7) is 25.8. The van der Waals surface area contributed by atoms with Crippen molar-refractivity contribution in [2.24, 2.45) is 35.0 Å². The van der Waals surface area contributed by atoms with Gasteiger partial charge in [0.2, 0.25) is 0 Å². The molecular formula is C24H51NO2. The number of hydrogen-bond donors (Lipinski definition) is 1. The quantitative estimate of drug-likeness (QED) is 0.440. The normalized spacial score (nSPS) is 18.0. The second-order valence-electron chi connectivity index (χ2n) is 11.3. The average Bonchev–Trinajstić information content (AvgIpc) is 2.49. The predicted molar refractivity (Wildman–Crippen MR) is 119 cm³/mol. The van der Waals surface area contributed by atoms with Gasteiger partial charge in [-0.2, -0.15) is 0 Å². The lowest BCUT2D eigenvalue weighted by Crippen LogP contribution is -2.36. The van der Waals surface area contributed by atoms with Crippen LogP contribution in [0.2, 0.25) is 0 Å². The van der Waals surface area contributed by atoms with Gasteiger partial charge in [0.1, 0.15) is 0 Å². The third kappa shape index (κ3) is 11.5. The van der Waals surface area contributed by atoms with Gasteiger partial charge < -0.3 is 14.7 Å². The number of ether oxygens (including phenoxy) is 1. The Balaban J connectivity index is 4.37. The molecule has 4 atom stereocenters. The Bertz CT molecular complexity index is 386. The molecule has 0 aromatic heterocycles. The predicted octanol–water partition coefficient (Wildman–Crippen LogP) is 5.71. The van der Waals surface area contributed by atoms with Crippen LogP contribution in [-0.2, 0) is 4.74 Å². The fourth-order valence-corrected chi connectivity index (χ4v) is 4.02. The molecule has 0 aromatic rings. The van der Waals surface area contributed by atoms with E-state index in [0.29, 0.717) is 18.4 Å². The summed E-state index contributed by atoms with van der Waals surface area (Å²) in [5, 5.41) is 9.77. The zero-order chi connectivity index (χ0) is 21.4. The van der Waals surface area contributed by atoms with Gasteiger partial charge in [-0.25, -0.2) is 0 Å². The van der Waals surface area contributed by atoms with E-state index in [-0.39, 0.29) is 23.5 Å². The molecule has 0 spiro atoms. The third-order valence-electron chi connectivity index (χ3n) is 6.31. The summed E-state index contributed by atoms with van der Waals surface area (Å²) < 4.78 is 6.32. The second-order valence-corrected chi connectivity index (χ2v) is 11.3. The molecule has 0 heterocycles. The Morgan fingerprint density at radius 2 is 1.48 bits per heavy atom. The highest BCUT2D eigenvalue weighted by atomic mass is 16.5.